The summed E-state index contributed by atoms with van der Waals surface area (Å²) in [5, 5.41) is 2.93. The summed E-state index contributed by atoms with van der Waals surface area (Å²) in [7, 11) is 0. The summed E-state index contributed by atoms with van der Waals surface area (Å²) in [6.07, 6.45) is 1.41. The number of rotatable bonds is 3. The van der Waals surface area contributed by atoms with Crippen LogP contribution in [0, 0.1) is 11.8 Å². The lowest BCUT2D eigenvalue weighted by Gasteiger charge is -2.32. The molecular weight excluding hydrogens is 296 g/mol. The van der Waals surface area contributed by atoms with Crippen LogP contribution in [-0.2, 0) is 9.59 Å². The van der Waals surface area contributed by atoms with Crippen molar-refractivity contribution in [2.75, 3.05) is 25.2 Å². The molecule has 6 nitrogen and oxygen atoms in total. The minimum Gasteiger partial charge on any atom is -0.454 e. The highest BCUT2D eigenvalue weighted by atomic mass is 16.7. The summed E-state index contributed by atoms with van der Waals surface area (Å²) in [5.74, 6) is 1.47. The molecule has 0 saturated carbocycles. The summed E-state index contributed by atoms with van der Waals surface area (Å²) >= 11 is 0. The molecule has 0 aliphatic carbocycles. The Morgan fingerprint density at radius 1 is 1.17 bits per heavy atom. The van der Waals surface area contributed by atoms with Crippen LogP contribution < -0.4 is 14.8 Å². The van der Waals surface area contributed by atoms with Crippen molar-refractivity contribution in [1.29, 1.82) is 0 Å². The van der Waals surface area contributed by atoms with E-state index >= 15 is 0 Å². The second-order valence-corrected chi connectivity index (χ2v) is 6.31. The van der Waals surface area contributed by atoms with E-state index in [4.69, 9.17) is 9.47 Å². The van der Waals surface area contributed by atoms with Crippen LogP contribution in [0.3, 0.4) is 0 Å². The normalized spacial score (nSPS) is 17.4. The lowest BCUT2D eigenvalue weighted by molar-refractivity contribution is -0.137. The Morgan fingerprint density at radius 2 is 1.87 bits per heavy atom. The van der Waals surface area contributed by atoms with Gasteiger partial charge in [0.2, 0.25) is 18.6 Å². The Balaban J connectivity index is 1.55. The molecule has 124 valence electrons. The molecule has 0 aromatic heterocycles. The molecule has 3 rings (SSSR count). The molecule has 1 saturated heterocycles. The van der Waals surface area contributed by atoms with Gasteiger partial charge in [0.1, 0.15) is 0 Å². The maximum absolute atomic E-state index is 12.4. The number of hydrogen-bond donors (Lipinski definition) is 1. The summed E-state index contributed by atoms with van der Waals surface area (Å²) in [5.41, 5.74) is 0.708. The maximum atomic E-state index is 12.4. The van der Waals surface area contributed by atoms with Crippen LogP contribution in [0.15, 0.2) is 18.2 Å². The van der Waals surface area contributed by atoms with E-state index in [0.717, 1.165) is 0 Å². The number of ether oxygens (including phenoxy) is 2. The van der Waals surface area contributed by atoms with Crippen LogP contribution >= 0.6 is 0 Å². The van der Waals surface area contributed by atoms with Gasteiger partial charge in [-0.1, -0.05) is 13.8 Å². The number of anilines is 1. The highest BCUT2D eigenvalue weighted by Crippen LogP contribution is 2.34. The number of benzene rings is 1. The van der Waals surface area contributed by atoms with E-state index in [2.05, 4.69) is 5.32 Å². The Labute approximate surface area is 135 Å². The van der Waals surface area contributed by atoms with Gasteiger partial charge in [0.05, 0.1) is 0 Å². The third-order valence-corrected chi connectivity index (χ3v) is 4.31. The fraction of sp³-hybridized carbons (Fsp3) is 0.529. The number of carbonyl (C=O) groups excluding carboxylic acids is 2. The van der Waals surface area contributed by atoms with Crippen LogP contribution in [0.5, 0.6) is 11.5 Å². The zero-order chi connectivity index (χ0) is 16.4. The first-order chi connectivity index (χ1) is 11.0. The third-order valence-electron chi connectivity index (χ3n) is 4.31. The van der Waals surface area contributed by atoms with E-state index in [9.17, 15) is 9.59 Å². The zero-order valence-corrected chi connectivity index (χ0v) is 13.5. The number of fused-ring (bicyclic) bond motifs is 1. The average molecular weight is 318 g/mol. The number of likely N-dealkylation sites (tertiary alicyclic amines) is 1. The van der Waals surface area contributed by atoms with Gasteiger partial charge in [0.15, 0.2) is 11.5 Å². The highest BCUT2D eigenvalue weighted by Gasteiger charge is 2.28. The van der Waals surface area contributed by atoms with Gasteiger partial charge in [-0.05, 0) is 25.0 Å². The third kappa shape index (κ3) is 3.41. The van der Waals surface area contributed by atoms with Gasteiger partial charge in [-0.2, -0.15) is 0 Å². The molecule has 1 aromatic carbocycles. The summed E-state index contributed by atoms with van der Waals surface area (Å²) in [6.45, 7) is 5.32. The molecule has 2 aliphatic heterocycles. The first-order valence-electron chi connectivity index (χ1n) is 8.04. The maximum Gasteiger partial charge on any atom is 0.231 e. The van der Waals surface area contributed by atoms with Crippen LogP contribution in [0.4, 0.5) is 5.69 Å². The smallest absolute Gasteiger partial charge is 0.231 e. The lowest BCUT2D eigenvalue weighted by Crippen LogP contribution is -2.43. The van der Waals surface area contributed by atoms with E-state index < -0.39 is 0 Å². The lowest BCUT2D eigenvalue weighted by atomic mass is 9.95. The first-order valence-corrected chi connectivity index (χ1v) is 8.04. The number of piperidine rings is 1. The number of amides is 2. The minimum absolute atomic E-state index is 0.000473. The molecule has 0 bridgehead atoms. The molecule has 1 aromatic rings. The van der Waals surface area contributed by atoms with Crippen LogP contribution in [0.25, 0.3) is 0 Å². The quantitative estimate of drug-likeness (QED) is 0.928. The Kier molecular flexibility index (Phi) is 4.41. The monoisotopic (exact) mass is 318 g/mol. The first kappa shape index (κ1) is 15.6. The second kappa shape index (κ2) is 6.48. The van der Waals surface area contributed by atoms with Gasteiger partial charge in [-0.25, -0.2) is 0 Å². The molecule has 0 unspecified atom stereocenters. The average Bonchev–Trinajstić information content (AvgIpc) is 3.01. The minimum atomic E-state index is -0.0587. The number of carbonyl (C=O) groups is 2. The van der Waals surface area contributed by atoms with Gasteiger partial charge in [0, 0.05) is 36.7 Å². The SMILES string of the molecule is CC(C)C(=O)N1CCC(C(=O)Nc2ccc3c(c2)OCO3)CC1. The summed E-state index contributed by atoms with van der Waals surface area (Å²) < 4.78 is 10.6. The van der Waals surface area contributed by atoms with Crippen molar-refractivity contribution in [3.05, 3.63) is 18.2 Å². The number of nitrogens with one attached hydrogen (secondary N) is 1. The molecule has 2 heterocycles. The Bertz CT molecular complexity index is 607. The number of hydrogen-bond acceptors (Lipinski definition) is 4. The van der Waals surface area contributed by atoms with E-state index in [1.165, 1.54) is 0 Å². The van der Waals surface area contributed by atoms with Crippen LogP contribution in [0.2, 0.25) is 0 Å². The Hall–Kier alpha value is -2.24. The summed E-state index contributed by atoms with van der Waals surface area (Å²) in [6, 6.07) is 5.38. The van der Waals surface area contributed by atoms with Gasteiger partial charge < -0.3 is 19.7 Å². The van der Waals surface area contributed by atoms with Crippen molar-refractivity contribution >= 4 is 17.5 Å². The molecule has 2 amide bonds. The van der Waals surface area contributed by atoms with Crippen molar-refractivity contribution in [3.8, 4) is 11.5 Å². The van der Waals surface area contributed by atoms with E-state index in [1.807, 2.05) is 24.8 Å². The Morgan fingerprint density at radius 3 is 2.57 bits per heavy atom. The standard InChI is InChI=1S/C17H22N2O4/c1-11(2)17(21)19-7-5-12(6-8-19)16(20)18-13-3-4-14-15(9-13)23-10-22-14/h3-4,9,11-12H,5-8,10H2,1-2H3,(H,18,20). The summed E-state index contributed by atoms with van der Waals surface area (Å²) in [4.78, 5) is 26.2. The van der Waals surface area contributed by atoms with Gasteiger partial charge in [-0.15, -0.1) is 0 Å². The topological polar surface area (TPSA) is 67.9 Å². The fourth-order valence-corrected chi connectivity index (χ4v) is 2.95. The molecule has 0 spiro atoms. The second-order valence-electron chi connectivity index (χ2n) is 6.31. The molecule has 2 aliphatic rings. The number of nitrogens with zero attached hydrogens (tertiary/aromatic N) is 1. The zero-order valence-electron chi connectivity index (χ0n) is 13.5. The molecule has 1 N–H and O–H groups in total. The predicted octanol–water partition coefficient (Wildman–Crippen LogP) is 2.25. The van der Waals surface area contributed by atoms with Crippen LogP contribution in [0.1, 0.15) is 26.7 Å². The molecule has 0 atom stereocenters. The van der Waals surface area contributed by atoms with E-state index in [-0.39, 0.29) is 30.4 Å². The van der Waals surface area contributed by atoms with Gasteiger partial charge in [0.25, 0.3) is 0 Å². The van der Waals surface area contributed by atoms with Gasteiger partial charge in [-0.3, -0.25) is 9.59 Å². The van der Waals surface area contributed by atoms with Crippen molar-refractivity contribution < 1.29 is 19.1 Å². The van der Waals surface area contributed by atoms with Gasteiger partial charge >= 0.3 is 0 Å². The predicted molar refractivity (Wildman–Crippen MR) is 85.3 cm³/mol. The molecular formula is C17H22N2O4. The molecule has 1 fully saturated rings. The van der Waals surface area contributed by atoms with Crippen LogP contribution in [-0.4, -0.2) is 36.6 Å². The highest BCUT2D eigenvalue weighted by molar-refractivity contribution is 5.93. The van der Waals surface area contributed by atoms with Crippen molar-refractivity contribution in [2.24, 2.45) is 11.8 Å². The van der Waals surface area contributed by atoms with Crippen molar-refractivity contribution in [2.45, 2.75) is 26.7 Å². The fourth-order valence-electron chi connectivity index (χ4n) is 2.95. The van der Waals surface area contributed by atoms with E-state index in [0.29, 0.717) is 43.1 Å². The molecule has 0 radical (unpaired) electrons. The molecule has 6 heteroatoms. The van der Waals surface area contributed by atoms with Crippen molar-refractivity contribution in [3.63, 3.8) is 0 Å². The van der Waals surface area contributed by atoms with Crippen molar-refractivity contribution in [1.82, 2.24) is 4.90 Å². The largest absolute Gasteiger partial charge is 0.454 e. The molecule has 23 heavy (non-hydrogen) atoms. The van der Waals surface area contributed by atoms with E-state index in [1.54, 1.807) is 12.1 Å².